The summed E-state index contributed by atoms with van der Waals surface area (Å²) in [7, 11) is 2.06. The Labute approximate surface area is 129 Å². The van der Waals surface area contributed by atoms with Gasteiger partial charge in [0.05, 0.1) is 10.7 Å². The van der Waals surface area contributed by atoms with Gasteiger partial charge in [0.15, 0.2) is 5.69 Å². The predicted octanol–water partition coefficient (Wildman–Crippen LogP) is 0.935. The Morgan fingerprint density at radius 3 is 2.81 bits per heavy atom. The number of hydrogen-bond donors (Lipinski definition) is 1. The van der Waals surface area contributed by atoms with E-state index in [1.54, 1.807) is 4.90 Å². The van der Waals surface area contributed by atoms with E-state index >= 15 is 0 Å². The van der Waals surface area contributed by atoms with E-state index in [0.717, 1.165) is 38.2 Å². The molecule has 0 saturated carbocycles. The van der Waals surface area contributed by atoms with Crippen LogP contribution >= 0.6 is 11.6 Å². The summed E-state index contributed by atoms with van der Waals surface area (Å²) >= 11 is 6.44. The minimum Gasteiger partial charge on any atom is -0.335 e. The first kappa shape index (κ1) is 14.8. The van der Waals surface area contributed by atoms with Gasteiger partial charge >= 0.3 is 0 Å². The molecule has 21 heavy (non-hydrogen) atoms. The molecule has 1 fully saturated rings. The zero-order valence-electron chi connectivity index (χ0n) is 12.6. The summed E-state index contributed by atoms with van der Waals surface area (Å²) in [5.74, 6) is -0.0996. The number of nitrogens with two attached hydrogens (primary N) is 1. The van der Waals surface area contributed by atoms with Crippen LogP contribution in [0, 0.1) is 0 Å². The molecule has 1 saturated heterocycles. The standard InChI is InChI=1S/C14H22ClN5O/c1-14(16)4-7-19(9-14)13(21)12-11(15)10-8-18(2)5-3-6-20(10)17-12/h3-9,16H2,1-2H3. The van der Waals surface area contributed by atoms with Crippen LogP contribution in [0.2, 0.25) is 5.02 Å². The van der Waals surface area contributed by atoms with Gasteiger partial charge in [-0.3, -0.25) is 9.48 Å². The highest BCUT2D eigenvalue weighted by atomic mass is 35.5. The lowest BCUT2D eigenvalue weighted by atomic mass is 10.0. The van der Waals surface area contributed by atoms with Crippen molar-refractivity contribution in [3.63, 3.8) is 0 Å². The molecule has 1 aromatic heterocycles. The van der Waals surface area contributed by atoms with E-state index in [9.17, 15) is 4.79 Å². The van der Waals surface area contributed by atoms with Crippen LogP contribution in [0.25, 0.3) is 0 Å². The van der Waals surface area contributed by atoms with E-state index in [-0.39, 0.29) is 11.4 Å². The zero-order valence-corrected chi connectivity index (χ0v) is 13.4. The van der Waals surface area contributed by atoms with E-state index in [2.05, 4.69) is 17.0 Å². The molecule has 2 aliphatic rings. The number of carbonyl (C=O) groups excluding carboxylic acids is 1. The lowest BCUT2D eigenvalue weighted by Crippen LogP contribution is -2.40. The van der Waals surface area contributed by atoms with E-state index in [1.807, 2.05) is 11.6 Å². The van der Waals surface area contributed by atoms with Crippen molar-refractivity contribution in [1.29, 1.82) is 0 Å². The number of halogens is 1. The first-order chi connectivity index (χ1) is 9.87. The Bertz CT molecular complexity index is 568. The molecule has 6 nitrogen and oxygen atoms in total. The lowest BCUT2D eigenvalue weighted by molar-refractivity contribution is 0.0778. The molecular formula is C14H22ClN5O. The average molecular weight is 312 g/mol. The Morgan fingerprint density at radius 2 is 2.14 bits per heavy atom. The van der Waals surface area contributed by atoms with Crippen LogP contribution in [0.15, 0.2) is 0 Å². The molecule has 2 N–H and O–H groups in total. The molecule has 1 atom stereocenters. The van der Waals surface area contributed by atoms with Crippen LogP contribution in [0.3, 0.4) is 0 Å². The van der Waals surface area contributed by atoms with Crippen LogP contribution in [0.1, 0.15) is 35.9 Å². The second-order valence-electron chi connectivity index (χ2n) is 6.55. The summed E-state index contributed by atoms with van der Waals surface area (Å²) in [5.41, 5.74) is 7.11. The number of hydrogen-bond acceptors (Lipinski definition) is 4. The molecule has 0 bridgehead atoms. The highest BCUT2D eigenvalue weighted by Gasteiger charge is 2.35. The van der Waals surface area contributed by atoms with Crippen LogP contribution in [0.4, 0.5) is 0 Å². The monoisotopic (exact) mass is 311 g/mol. The maximum Gasteiger partial charge on any atom is 0.275 e. The molecule has 1 amide bonds. The van der Waals surface area contributed by atoms with Gasteiger partial charge in [-0.15, -0.1) is 0 Å². The third-order valence-electron chi connectivity index (χ3n) is 4.32. The van der Waals surface area contributed by atoms with E-state index in [4.69, 9.17) is 17.3 Å². The topological polar surface area (TPSA) is 67.4 Å². The summed E-state index contributed by atoms with van der Waals surface area (Å²) in [4.78, 5) is 16.6. The maximum absolute atomic E-state index is 12.6. The van der Waals surface area contributed by atoms with E-state index in [1.165, 1.54) is 0 Å². The van der Waals surface area contributed by atoms with Gasteiger partial charge in [0.2, 0.25) is 0 Å². The molecule has 7 heteroatoms. The number of nitrogens with zero attached hydrogens (tertiary/aromatic N) is 4. The van der Waals surface area contributed by atoms with Crippen molar-refractivity contribution < 1.29 is 4.79 Å². The van der Waals surface area contributed by atoms with Crippen molar-refractivity contribution in [3.8, 4) is 0 Å². The molecule has 0 aliphatic carbocycles. The predicted molar refractivity (Wildman–Crippen MR) is 81.3 cm³/mol. The second-order valence-corrected chi connectivity index (χ2v) is 6.93. The van der Waals surface area contributed by atoms with Gasteiger partial charge < -0.3 is 15.5 Å². The fourth-order valence-electron chi connectivity index (χ4n) is 3.08. The van der Waals surface area contributed by atoms with Crippen molar-refractivity contribution in [2.24, 2.45) is 5.73 Å². The fraction of sp³-hybridized carbons (Fsp3) is 0.714. The summed E-state index contributed by atoms with van der Waals surface area (Å²) in [6.45, 7) is 5.75. The second kappa shape index (κ2) is 5.26. The number of likely N-dealkylation sites (tertiary alicyclic amines) is 1. The third kappa shape index (κ3) is 2.80. The molecule has 116 valence electrons. The van der Waals surface area contributed by atoms with Crippen LogP contribution in [0.5, 0.6) is 0 Å². The third-order valence-corrected chi connectivity index (χ3v) is 4.71. The molecular weight excluding hydrogens is 290 g/mol. The minimum absolute atomic E-state index is 0.0996. The molecule has 1 aromatic rings. The molecule has 3 rings (SSSR count). The number of aromatic nitrogens is 2. The van der Waals surface area contributed by atoms with Crippen LogP contribution in [-0.4, -0.2) is 57.7 Å². The van der Waals surface area contributed by atoms with E-state index in [0.29, 0.717) is 23.8 Å². The van der Waals surface area contributed by atoms with Crippen LogP contribution in [-0.2, 0) is 13.1 Å². The normalized spacial score (nSPS) is 26.8. The Hall–Kier alpha value is -1.11. The van der Waals surface area contributed by atoms with Crippen molar-refractivity contribution in [3.05, 3.63) is 16.4 Å². The number of fused-ring (bicyclic) bond motifs is 1. The Kier molecular flexibility index (Phi) is 3.71. The SMILES string of the molecule is CN1CCCn2nc(C(=O)N3CCC(C)(N)C3)c(Cl)c2C1. The van der Waals surface area contributed by atoms with Crippen molar-refractivity contribution >= 4 is 17.5 Å². The summed E-state index contributed by atoms with van der Waals surface area (Å²) in [6.07, 6.45) is 1.83. The highest BCUT2D eigenvalue weighted by molar-refractivity contribution is 6.34. The summed E-state index contributed by atoms with van der Waals surface area (Å²) in [6, 6.07) is 0. The summed E-state index contributed by atoms with van der Waals surface area (Å²) in [5, 5.41) is 4.96. The van der Waals surface area contributed by atoms with Gasteiger partial charge in [-0.25, -0.2) is 0 Å². The molecule has 3 heterocycles. The average Bonchev–Trinajstić information content (AvgIpc) is 2.85. The number of amides is 1. The van der Waals surface area contributed by atoms with Gasteiger partial charge in [0.25, 0.3) is 5.91 Å². The minimum atomic E-state index is -0.306. The molecule has 1 unspecified atom stereocenters. The van der Waals surface area contributed by atoms with Crippen molar-refractivity contribution in [2.45, 2.75) is 38.4 Å². The van der Waals surface area contributed by atoms with Crippen LogP contribution < -0.4 is 5.73 Å². The quantitative estimate of drug-likeness (QED) is 0.838. The van der Waals surface area contributed by atoms with Gasteiger partial charge in [0, 0.05) is 38.3 Å². The van der Waals surface area contributed by atoms with Gasteiger partial charge in [-0.05, 0) is 26.8 Å². The van der Waals surface area contributed by atoms with Gasteiger partial charge in [-0.1, -0.05) is 11.6 Å². The fourth-order valence-corrected chi connectivity index (χ4v) is 3.36. The Balaban J connectivity index is 1.87. The smallest absolute Gasteiger partial charge is 0.275 e. The van der Waals surface area contributed by atoms with Crippen molar-refractivity contribution in [2.75, 3.05) is 26.7 Å². The first-order valence-electron chi connectivity index (χ1n) is 7.39. The lowest BCUT2D eigenvalue weighted by Gasteiger charge is -2.19. The number of aryl methyl sites for hydroxylation is 1. The molecule has 2 aliphatic heterocycles. The summed E-state index contributed by atoms with van der Waals surface area (Å²) < 4.78 is 1.89. The van der Waals surface area contributed by atoms with Gasteiger partial charge in [0.1, 0.15) is 0 Å². The van der Waals surface area contributed by atoms with E-state index < -0.39 is 0 Å². The first-order valence-corrected chi connectivity index (χ1v) is 7.77. The largest absolute Gasteiger partial charge is 0.335 e. The van der Waals surface area contributed by atoms with Gasteiger partial charge in [-0.2, -0.15) is 5.10 Å². The zero-order chi connectivity index (χ0) is 15.2. The molecule has 0 aromatic carbocycles. The highest BCUT2D eigenvalue weighted by Crippen LogP contribution is 2.27. The maximum atomic E-state index is 12.6. The van der Waals surface area contributed by atoms with Crippen molar-refractivity contribution in [1.82, 2.24) is 19.6 Å². The molecule has 0 spiro atoms. The molecule has 0 radical (unpaired) electrons. The number of carbonyl (C=O) groups is 1. The Morgan fingerprint density at radius 1 is 1.38 bits per heavy atom. The number of rotatable bonds is 1.